The van der Waals surface area contributed by atoms with E-state index in [1.54, 1.807) is 26.0 Å². The highest BCUT2D eigenvalue weighted by atomic mass is 32.2. The summed E-state index contributed by atoms with van der Waals surface area (Å²) < 4.78 is 32.3. The number of hydrogen-bond donors (Lipinski definition) is 2. The van der Waals surface area contributed by atoms with E-state index in [1.807, 2.05) is 13.8 Å². The van der Waals surface area contributed by atoms with Gasteiger partial charge in [-0.2, -0.15) is 0 Å². The summed E-state index contributed by atoms with van der Waals surface area (Å²) in [5, 5.41) is 3.13. The fraction of sp³-hybridized carbons (Fsp3) is 0.533. The summed E-state index contributed by atoms with van der Waals surface area (Å²) in [4.78, 5) is 11.8. The SMILES string of the molecule is CCN[C@H](C)CNS(=O)(=O)c1cc(C(=O)OCC)ccc1C. The first kappa shape index (κ1) is 18.6. The highest BCUT2D eigenvalue weighted by Gasteiger charge is 2.20. The molecule has 0 saturated carbocycles. The number of sulfonamides is 1. The first-order chi connectivity index (χ1) is 10.3. The topological polar surface area (TPSA) is 84.5 Å². The second-order valence-corrected chi connectivity index (χ2v) is 6.75. The van der Waals surface area contributed by atoms with Crippen LogP contribution in [0.25, 0.3) is 0 Å². The molecule has 124 valence electrons. The fourth-order valence-corrected chi connectivity index (χ4v) is 3.36. The summed E-state index contributed by atoms with van der Waals surface area (Å²) in [5.74, 6) is -0.528. The van der Waals surface area contributed by atoms with Crippen molar-refractivity contribution in [1.82, 2.24) is 10.0 Å². The number of ether oxygens (including phenoxy) is 1. The molecule has 0 spiro atoms. The summed E-state index contributed by atoms with van der Waals surface area (Å²) in [5.41, 5.74) is 0.809. The summed E-state index contributed by atoms with van der Waals surface area (Å²) in [6.07, 6.45) is 0. The number of carbonyl (C=O) groups excluding carboxylic acids is 1. The van der Waals surface area contributed by atoms with Gasteiger partial charge in [-0.05, 0) is 45.0 Å². The van der Waals surface area contributed by atoms with Crippen LogP contribution in [-0.4, -0.2) is 40.1 Å². The van der Waals surface area contributed by atoms with Crippen LogP contribution in [0.1, 0.15) is 36.7 Å². The molecule has 0 aliphatic heterocycles. The van der Waals surface area contributed by atoms with E-state index in [-0.39, 0.29) is 29.7 Å². The Balaban J connectivity index is 2.98. The molecule has 0 heterocycles. The molecule has 0 unspecified atom stereocenters. The maximum Gasteiger partial charge on any atom is 0.338 e. The molecule has 1 aromatic carbocycles. The van der Waals surface area contributed by atoms with Gasteiger partial charge in [0.2, 0.25) is 10.0 Å². The summed E-state index contributed by atoms with van der Waals surface area (Å²) >= 11 is 0. The lowest BCUT2D eigenvalue weighted by Crippen LogP contribution is -2.39. The zero-order valence-electron chi connectivity index (χ0n) is 13.5. The van der Waals surface area contributed by atoms with Gasteiger partial charge in [0.1, 0.15) is 0 Å². The maximum absolute atomic E-state index is 12.4. The van der Waals surface area contributed by atoms with Crippen LogP contribution in [-0.2, 0) is 14.8 Å². The van der Waals surface area contributed by atoms with Crippen molar-refractivity contribution in [3.8, 4) is 0 Å². The zero-order valence-corrected chi connectivity index (χ0v) is 14.3. The van der Waals surface area contributed by atoms with Crippen molar-refractivity contribution in [2.45, 2.75) is 38.6 Å². The minimum Gasteiger partial charge on any atom is -0.462 e. The van der Waals surface area contributed by atoms with Gasteiger partial charge < -0.3 is 10.1 Å². The minimum absolute atomic E-state index is 0.0216. The van der Waals surface area contributed by atoms with Crippen LogP contribution in [0.3, 0.4) is 0 Å². The monoisotopic (exact) mass is 328 g/mol. The average Bonchev–Trinajstić information content (AvgIpc) is 2.46. The van der Waals surface area contributed by atoms with E-state index in [1.165, 1.54) is 6.07 Å². The molecule has 1 atom stereocenters. The van der Waals surface area contributed by atoms with Crippen LogP contribution in [0.15, 0.2) is 23.1 Å². The van der Waals surface area contributed by atoms with Crippen molar-refractivity contribution in [1.29, 1.82) is 0 Å². The van der Waals surface area contributed by atoms with Crippen LogP contribution in [0, 0.1) is 6.92 Å². The van der Waals surface area contributed by atoms with Gasteiger partial charge in [0.15, 0.2) is 0 Å². The van der Waals surface area contributed by atoms with Crippen molar-refractivity contribution in [3.05, 3.63) is 29.3 Å². The van der Waals surface area contributed by atoms with E-state index >= 15 is 0 Å². The number of esters is 1. The zero-order chi connectivity index (χ0) is 16.8. The van der Waals surface area contributed by atoms with Crippen molar-refractivity contribution in [3.63, 3.8) is 0 Å². The molecule has 7 heteroatoms. The molecule has 0 amide bonds. The number of benzene rings is 1. The van der Waals surface area contributed by atoms with Gasteiger partial charge in [-0.25, -0.2) is 17.9 Å². The molecular formula is C15H24N2O4S. The Kier molecular flexibility index (Phi) is 6.99. The maximum atomic E-state index is 12.4. The minimum atomic E-state index is -3.67. The highest BCUT2D eigenvalue weighted by Crippen LogP contribution is 2.17. The van der Waals surface area contributed by atoms with E-state index in [2.05, 4.69) is 10.0 Å². The molecule has 0 fully saturated rings. The summed E-state index contributed by atoms with van der Waals surface area (Å²) in [6.45, 7) is 8.53. The van der Waals surface area contributed by atoms with E-state index in [4.69, 9.17) is 4.74 Å². The number of hydrogen-bond acceptors (Lipinski definition) is 5. The van der Waals surface area contributed by atoms with E-state index in [0.29, 0.717) is 5.56 Å². The molecule has 22 heavy (non-hydrogen) atoms. The quantitative estimate of drug-likeness (QED) is 0.706. The van der Waals surface area contributed by atoms with Gasteiger partial charge in [-0.1, -0.05) is 13.0 Å². The molecule has 0 bridgehead atoms. The van der Waals surface area contributed by atoms with Gasteiger partial charge in [-0.3, -0.25) is 0 Å². The first-order valence-electron chi connectivity index (χ1n) is 7.32. The molecule has 1 rings (SSSR count). The fourth-order valence-electron chi connectivity index (χ4n) is 1.96. The van der Waals surface area contributed by atoms with Gasteiger partial charge in [0.25, 0.3) is 0 Å². The molecule has 0 aromatic heterocycles. The Labute approximate surface area is 132 Å². The first-order valence-corrected chi connectivity index (χ1v) is 8.81. The highest BCUT2D eigenvalue weighted by molar-refractivity contribution is 7.89. The number of carbonyl (C=O) groups is 1. The lowest BCUT2D eigenvalue weighted by molar-refractivity contribution is 0.0526. The van der Waals surface area contributed by atoms with Crippen molar-refractivity contribution in [2.75, 3.05) is 19.7 Å². The van der Waals surface area contributed by atoms with Crippen LogP contribution in [0.4, 0.5) is 0 Å². The van der Waals surface area contributed by atoms with Crippen LogP contribution in [0.5, 0.6) is 0 Å². The lowest BCUT2D eigenvalue weighted by Gasteiger charge is -2.15. The molecule has 0 aliphatic carbocycles. The van der Waals surface area contributed by atoms with E-state index < -0.39 is 16.0 Å². The van der Waals surface area contributed by atoms with Crippen LogP contribution >= 0.6 is 0 Å². The van der Waals surface area contributed by atoms with Gasteiger partial charge >= 0.3 is 5.97 Å². The standard InChI is InChI=1S/C15H24N2O4S/c1-5-16-12(4)10-17-22(19,20)14-9-13(8-7-11(14)3)15(18)21-6-2/h7-9,12,16-17H,5-6,10H2,1-4H3/t12-/m1/s1. The van der Waals surface area contributed by atoms with Gasteiger partial charge in [0.05, 0.1) is 17.1 Å². The second kappa shape index (κ2) is 8.26. The molecule has 0 saturated heterocycles. The number of likely N-dealkylation sites (N-methyl/N-ethyl adjacent to an activating group) is 1. The Hall–Kier alpha value is -1.44. The Morgan fingerprint density at radius 3 is 2.59 bits per heavy atom. The third kappa shape index (κ3) is 5.08. The smallest absolute Gasteiger partial charge is 0.338 e. The Morgan fingerprint density at radius 1 is 1.32 bits per heavy atom. The summed E-state index contributed by atoms with van der Waals surface area (Å²) in [6, 6.07) is 4.55. The summed E-state index contributed by atoms with van der Waals surface area (Å²) in [7, 11) is -3.67. The molecular weight excluding hydrogens is 304 g/mol. The van der Waals surface area contributed by atoms with E-state index in [0.717, 1.165) is 6.54 Å². The number of aryl methyl sites for hydroxylation is 1. The predicted molar refractivity (Wildman–Crippen MR) is 85.5 cm³/mol. The third-order valence-corrected chi connectivity index (χ3v) is 4.69. The molecule has 0 aliphatic rings. The van der Waals surface area contributed by atoms with Gasteiger partial charge in [-0.15, -0.1) is 0 Å². The third-order valence-electron chi connectivity index (χ3n) is 3.12. The molecule has 1 aromatic rings. The van der Waals surface area contributed by atoms with Gasteiger partial charge in [0, 0.05) is 12.6 Å². The molecule has 6 nitrogen and oxygen atoms in total. The van der Waals surface area contributed by atoms with Crippen LogP contribution < -0.4 is 10.0 Å². The lowest BCUT2D eigenvalue weighted by atomic mass is 10.1. The largest absolute Gasteiger partial charge is 0.462 e. The van der Waals surface area contributed by atoms with Crippen molar-refractivity contribution in [2.24, 2.45) is 0 Å². The number of nitrogens with one attached hydrogen (secondary N) is 2. The average molecular weight is 328 g/mol. The Morgan fingerprint density at radius 2 is 2.00 bits per heavy atom. The molecule has 0 radical (unpaired) electrons. The van der Waals surface area contributed by atoms with E-state index in [9.17, 15) is 13.2 Å². The van der Waals surface area contributed by atoms with Crippen molar-refractivity contribution >= 4 is 16.0 Å². The number of rotatable bonds is 8. The normalized spacial score (nSPS) is 12.9. The second-order valence-electron chi connectivity index (χ2n) is 5.01. The molecule has 2 N–H and O–H groups in total. The van der Waals surface area contributed by atoms with Crippen molar-refractivity contribution < 1.29 is 17.9 Å². The predicted octanol–water partition coefficient (Wildman–Crippen LogP) is 1.45. The van der Waals surface area contributed by atoms with Crippen LogP contribution in [0.2, 0.25) is 0 Å². The Bertz CT molecular complexity index is 614.